The highest BCUT2D eigenvalue weighted by atomic mass is 32.2. The molecule has 0 unspecified atom stereocenters. The molecule has 0 saturated heterocycles. The van der Waals surface area contributed by atoms with E-state index in [1.54, 1.807) is 25.1 Å². The summed E-state index contributed by atoms with van der Waals surface area (Å²) < 4.78 is 103. The van der Waals surface area contributed by atoms with Crippen LogP contribution >= 0.6 is 23.1 Å². The lowest BCUT2D eigenvalue weighted by Crippen LogP contribution is -2.27. The number of fused-ring (bicyclic) bond motifs is 2. The van der Waals surface area contributed by atoms with Gasteiger partial charge in [0.2, 0.25) is 5.88 Å². The molecule has 1 atom stereocenters. The van der Waals surface area contributed by atoms with E-state index < -0.39 is 108 Å². The number of hydrogen-bond donors (Lipinski definition) is 4. The Morgan fingerprint density at radius 2 is 1.88 bits per heavy atom. The van der Waals surface area contributed by atoms with Gasteiger partial charge >= 0.3 is 12.3 Å². The van der Waals surface area contributed by atoms with Crippen LogP contribution in [-0.2, 0) is 10.9 Å². The highest BCUT2D eigenvalue weighted by Gasteiger charge is 2.43. The Labute approximate surface area is 300 Å². The van der Waals surface area contributed by atoms with Crippen LogP contribution in [-0.4, -0.2) is 51.2 Å². The van der Waals surface area contributed by atoms with Crippen LogP contribution in [0.5, 0.6) is 11.6 Å². The van der Waals surface area contributed by atoms with Gasteiger partial charge in [-0.15, -0.1) is 11.3 Å². The molecule has 52 heavy (non-hydrogen) atoms. The molecular weight excluding hydrogens is 737 g/mol. The van der Waals surface area contributed by atoms with E-state index in [1.165, 1.54) is 33.2 Å². The zero-order valence-electron chi connectivity index (χ0n) is 27.9. The van der Waals surface area contributed by atoms with Crippen LogP contribution in [0.25, 0.3) is 32.1 Å². The number of benzene rings is 2. The average Bonchev–Trinajstić information content (AvgIpc) is 3.42. The van der Waals surface area contributed by atoms with Crippen molar-refractivity contribution < 1.29 is 45.7 Å². The predicted molar refractivity (Wildman–Crippen MR) is 184 cm³/mol. The fraction of sp³-hybridized carbons (Fsp3) is 0.303. The summed E-state index contributed by atoms with van der Waals surface area (Å²) in [4.78, 5) is 24.4. The van der Waals surface area contributed by atoms with Gasteiger partial charge in [-0.1, -0.05) is 17.8 Å². The number of nitriles is 1. The SMILES string of the molecule is CSc1nc(O)c2c(OCCN[C@H](C)c3cccnc3N)c(C(F)(F)F)c(-c3cc(F)c(F)c4sc(NC(=O)OC(C)(C)C)c(C#N)c34)c(F)c2n1. The summed E-state index contributed by atoms with van der Waals surface area (Å²) in [5.41, 5.74) is -0.0350. The van der Waals surface area contributed by atoms with E-state index in [1.807, 2.05) is 0 Å². The third-order valence-electron chi connectivity index (χ3n) is 7.46. The Hall–Kier alpha value is -5.06. The summed E-state index contributed by atoms with van der Waals surface area (Å²) in [6, 6.07) is 4.90. The topological polar surface area (TPSA) is 168 Å². The Morgan fingerprint density at radius 3 is 2.50 bits per heavy atom. The van der Waals surface area contributed by atoms with Gasteiger partial charge in [-0.2, -0.15) is 23.4 Å². The highest BCUT2D eigenvalue weighted by Crippen LogP contribution is 2.53. The lowest BCUT2D eigenvalue weighted by atomic mass is 9.91. The standard InChI is InChI=1S/C33H29F6N7O4S2/c1-13(14-7-6-8-43-27(14)41)42-9-10-49-25-20-24(44-30(51-5)45-28(20)47)23(36)19(21(25)33(37,38)39)15-11-17(34)22(35)26-18(15)16(12-40)29(52-26)46-31(48)50-32(2,3)4/h6-8,11,13,42H,9-10H2,1-5H3,(H2,41,43)(H,46,48)(H,44,45,47)/t13-/m1/s1. The van der Waals surface area contributed by atoms with Crippen LogP contribution in [0.2, 0.25) is 0 Å². The fourth-order valence-corrected chi connectivity index (χ4v) is 6.81. The van der Waals surface area contributed by atoms with Crippen LogP contribution in [0, 0.1) is 28.8 Å². The molecular formula is C33H29F6N7O4S2. The summed E-state index contributed by atoms with van der Waals surface area (Å²) in [5, 5.41) is 24.1. The first-order chi connectivity index (χ1) is 24.4. The first-order valence-corrected chi connectivity index (χ1v) is 17.2. The Morgan fingerprint density at radius 1 is 1.17 bits per heavy atom. The van der Waals surface area contributed by atoms with Crippen molar-refractivity contribution in [2.24, 2.45) is 0 Å². The molecule has 0 radical (unpaired) electrons. The second-order valence-electron chi connectivity index (χ2n) is 12.1. The number of pyridine rings is 1. The average molecular weight is 766 g/mol. The summed E-state index contributed by atoms with van der Waals surface area (Å²) in [6.45, 7) is 5.72. The number of thiophene rings is 1. The van der Waals surface area contributed by atoms with Crippen LogP contribution in [0.4, 0.5) is 42.0 Å². The molecule has 19 heteroatoms. The van der Waals surface area contributed by atoms with Crippen LogP contribution in [0.1, 0.15) is 50.4 Å². The Kier molecular flexibility index (Phi) is 10.7. The molecule has 3 aromatic heterocycles. The second-order valence-corrected chi connectivity index (χ2v) is 13.9. The number of rotatable bonds is 9. The number of hydrogen-bond acceptors (Lipinski definition) is 12. The molecule has 5 N–H and O–H groups in total. The highest BCUT2D eigenvalue weighted by molar-refractivity contribution is 7.98. The molecule has 5 aromatic rings. The first kappa shape index (κ1) is 38.2. The number of ether oxygens (including phenoxy) is 2. The largest absolute Gasteiger partial charge is 0.493 e. The molecule has 1 amide bonds. The van der Waals surface area contributed by atoms with Gasteiger partial charge in [-0.3, -0.25) is 5.32 Å². The minimum absolute atomic E-state index is 0.107. The maximum absolute atomic E-state index is 16.8. The van der Waals surface area contributed by atoms with E-state index in [-0.39, 0.29) is 17.5 Å². The monoisotopic (exact) mass is 765 g/mol. The molecule has 0 aliphatic heterocycles. The summed E-state index contributed by atoms with van der Waals surface area (Å²) in [7, 11) is 0. The molecule has 0 saturated carbocycles. The molecule has 5 rings (SSSR count). The van der Waals surface area contributed by atoms with Crippen molar-refractivity contribution in [2.75, 3.05) is 30.5 Å². The number of anilines is 2. The zero-order chi connectivity index (χ0) is 38.3. The van der Waals surface area contributed by atoms with Crippen molar-refractivity contribution in [3.05, 3.63) is 58.5 Å². The molecule has 3 heterocycles. The predicted octanol–water partition coefficient (Wildman–Crippen LogP) is 8.30. The van der Waals surface area contributed by atoms with Crippen molar-refractivity contribution in [1.29, 1.82) is 5.26 Å². The Bertz CT molecular complexity index is 2250. The van der Waals surface area contributed by atoms with Gasteiger partial charge in [-0.25, -0.2) is 27.9 Å². The number of nitrogens with two attached hydrogens (primary N) is 1. The van der Waals surface area contributed by atoms with Crippen molar-refractivity contribution >= 4 is 61.0 Å². The van der Waals surface area contributed by atoms with Crippen molar-refractivity contribution in [2.45, 2.75) is 50.7 Å². The van der Waals surface area contributed by atoms with Crippen molar-refractivity contribution in [3.8, 4) is 28.8 Å². The number of alkyl halides is 3. The van der Waals surface area contributed by atoms with Gasteiger partial charge in [0.05, 0.1) is 10.3 Å². The molecule has 0 spiro atoms. The number of amides is 1. The third kappa shape index (κ3) is 7.45. The lowest BCUT2D eigenvalue weighted by molar-refractivity contribution is -0.138. The summed E-state index contributed by atoms with van der Waals surface area (Å²) in [6.07, 6.45) is -3.64. The van der Waals surface area contributed by atoms with E-state index in [4.69, 9.17) is 15.2 Å². The van der Waals surface area contributed by atoms with Gasteiger partial charge in [0.15, 0.2) is 22.6 Å². The molecule has 274 valence electrons. The van der Waals surface area contributed by atoms with Crippen LogP contribution in [0.15, 0.2) is 29.6 Å². The van der Waals surface area contributed by atoms with E-state index in [2.05, 4.69) is 25.6 Å². The molecule has 0 aliphatic rings. The summed E-state index contributed by atoms with van der Waals surface area (Å²) >= 11 is 1.16. The number of carbonyl (C=O) groups is 1. The number of halogens is 6. The fourth-order valence-electron chi connectivity index (χ4n) is 5.36. The van der Waals surface area contributed by atoms with Crippen molar-refractivity contribution in [1.82, 2.24) is 20.3 Å². The van der Waals surface area contributed by atoms with E-state index in [0.717, 1.165) is 11.8 Å². The van der Waals surface area contributed by atoms with Gasteiger partial charge in [0, 0.05) is 35.3 Å². The van der Waals surface area contributed by atoms with E-state index in [9.17, 15) is 15.2 Å². The quantitative estimate of drug-likeness (QED) is 0.0493. The minimum atomic E-state index is -5.48. The van der Waals surface area contributed by atoms with Crippen molar-refractivity contribution in [3.63, 3.8) is 0 Å². The molecule has 0 aliphatic carbocycles. The lowest BCUT2D eigenvalue weighted by Gasteiger charge is -2.23. The number of nitrogens with one attached hydrogen (secondary N) is 2. The Balaban J connectivity index is 1.76. The summed E-state index contributed by atoms with van der Waals surface area (Å²) in [5.74, 6) is -6.89. The number of nitrogen functional groups attached to an aromatic ring is 1. The van der Waals surface area contributed by atoms with E-state index in [0.29, 0.717) is 23.0 Å². The molecule has 11 nitrogen and oxygen atoms in total. The molecule has 0 fully saturated rings. The normalized spacial score (nSPS) is 12.6. The molecule has 2 aromatic carbocycles. The number of carbonyl (C=O) groups excluding carboxylic acids is 1. The van der Waals surface area contributed by atoms with E-state index >= 15 is 26.3 Å². The van der Waals surface area contributed by atoms with Crippen LogP contribution < -0.4 is 21.1 Å². The third-order valence-corrected chi connectivity index (χ3v) is 9.10. The zero-order valence-corrected chi connectivity index (χ0v) is 29.6. The van der Waals surface area contributed by atoms with Gasteiger partial charge in [-0.05, 0) is 51.6 Å². The molecule has 0 bridgehead atoms. The number of thioether (sulfide) groups is 1. The maximum Gasteiger partial charge on any atom is 0.420 e. The number of nitrogens with zero attached hydrogens (tertiary/aromatic N) is 4. The minimum Gasteiger partial charge on any atom is -0.493 e. The van der Waals surface area contributed by atoms with Gasteiger partial charge in [0.25, 0.3) is 0 Å². The smallest absolute Gasteiger partial charge is 0.420 e. The van der Waals surface area contributed by atoms with Gasteiger partial charge < -0.3 is 25.6 Å². The first-order valence-electron chi connectivity index (χ1n) is 15.2. The van der Waals surface area contributed by atoms with Crippen LogP contribution in [0.3, 0.4) is 0 Å². The number of aromatic nitrogens is 3. The maximum atomic E-state index is 16.8. The second kappa shape index (κ2) is 14.5. The number of aromatic hydroxyl groups is 1. The van der Waals surface area contributed by atoms with Gasteiger partial charge in [0.1, 0.15) is 51.3 Å².